The molecule has 2 rings (SSSR count). The first-order valence-corrected chi connectivity index (χ1v) is 7.45. The molecule has 2 heterocycles. The van der Waals surface area contributed by atoms with Gasteiger partial charge >= 0.3 is 5.97 Å². The molecule has 0 atom stereocenters. The molecule has 0 spiro atoms. The third-order valence-corrected chi connectivity index (χ3v) is 3.82. The minimum atomic E-state index is -0.348. The molecule has 7 heteroatoms. The molecule has 1 N–H and O–H groups in total. The zero-order chi connectivity index (χ0) is 15.4. The summed E-state index contributed by atoms with van der Waals surface area (Å²) < 4.78 is 6.44. The van der Waals surface area contributed by atoms with Gasteiger partial charge in [-0.3, -0.25) is 14.3 Å². The molecule has 0 bridgehead atoms. The van der Waals surface area contributed by atoms with Crippen molar-refractivity contribution in [1.29, 1.82) is 0 Å². The van der Waals surface area contributed by atoms with Crippen molar-refractivity contribution in [2.24, 2.45) is 0 Å². The Hall–Kier alpha value is -2.15. The van der Waals surface area contributed by atoms with Crippen LogP contribution in [-0.2, 0) is 16.1 Å². The highest BCUT2D eigenvalue weighted by Crippen LogP contribution is 2.21. The molecule has 0 aliphatic heterocycles. The Balaban J connectivity index is 2.15. The number of amides is 1. The second-order valence-corrected chi connectivity index (χ2v) is 5.39. The third kappa shape index (κ3) is 3.49. The van der Waals surface area contributed by atoms with Gasteiger partial charge in [0.1, 0.15) is 6.54 Å². The van der Waals surface area contributed by atoms with Crippen LogP contribution in [0.25, 0.3) is 0 Å². The summed E-state index contributed by atoms with van der Waals surface area (Å²) in [6.45, 7) is 5.73. The van der Waals surface area contributed by atoms with Gasteiger partial charge in [0.15, 0.2) is 0 Å². The first-order chi connectivity index (χ1) is 10.0. The zero-order valence-electron chi connectivity index (χ0n) is 12.2. The number of nitrogens with zero attached hydrogens (tertiary/aromatic N) is 2. The van der Waals surface area contributed by atoms with Gasteiger partial charge in [0.25, 0.3) is 5.91 Å². The van der Waals surface area contributed by atoms with Crippen molar-refractivity contribution in [2.45, 2.75) is 27.3 Å². The summed E-state index contributed by atoms with van der Waals surface area (Å²) in [6, 6.07) is 3.58. The lowest BCUT2D eigenvalue weighted by Crippen LogP contribution is -2.16. The van der Waals surface area contributed by atoms with E-state index in [1.165, 1.54) is 16.0 Å². The molecular formula is C14H17N3O3S. The van der Waals surface area contributed by atoms with Gasteiger partial charge in [-0.2, -0.15) is 5.10 Å². The molecular weight excluding hydrogens is 290 g/mol. The number of esters is 1. The number of hydrogen-bond donors (Lipinski definition) is 1. The van der Waals surface area contributed by atoms with Crippen LogP contribution in [0, 0.1) is 13.8 Å². The standard InChI is InChI=1S/C14H17N3O3S/c1-4-20-12(18)8-17-10(3)13(9(2)16-17)15-14(19)11-6-5-7-21-11/h5-7H,4,8H2,1-3H3,(H,15,19). The summed E-state index contributed by atoms with van der Waals surface area (Å²) in [5.74, 6) is -0.522. The monoisotopic (exact) mass is 307 g/mol. The van der Waals surface area contributed by atoms with E-state index in [9.17, 15) is 9.59 Å². The number of anilines is 1. The number of aryl methyl sites for hydroxylation is 1. The Labute approximate surface area is 126 Å². The average Bonchev–Trinajstić information content (AvgIpc) is 3.04. The molecule has 112 valence electrons. The number of carbonyl (C=O) groups is 2. The highest BCUT2D eigenvalue weighted by molar-refractivity contribution is 7.12. The Morgan fingerprint density at radius 2 is 2.19 bits per heavy atom. The summed E-state index contributed by atoms with van der Waals surface area (Å²) in [5.41, 5.74) is 2.03. The number of thiophene rings is 1. The third-order valence-electron chi connectivity index (χ3n) is 2.95. The molecule has 0 fully saturated rings. The number of rotatable bonds is 5. The first-order valence-electron chi connectivity index (χ1n) is 6.57. The SMILES string of the molecule is CCOC(=O)Cn1nc(C)c(NC(=O)c2cccs2)c1C. The maximum atomic E-state index is 12.1. The number of aromatic nitrogens is 2. The second kappa shape index (κ2) is 6.53. The molecule has 0 aliphatic rings. The van der Waals surface area contributed by atoms with E-state index < -0.39 is 0 Å². The van der Waals surface area contributed by atoms with Crippen molar-refractivity contribution in [2.75, 3.05) is 11.9 Å². The Morgan fingerprint density at radius 1 is 1.43 bits per heavy atom. The minimum Gasteiger partial charge on any atom is -0.465 e. The van der Waals surface area contributed by atoms with Crippen LogP contribution in [0.5, 0.6) is 0 Å². The van der Waals surface area contributed by atoms with Crippen molar-refractivity contribution in [3.63, 3.8) is 0 Å². The van der Waals surface area contributed by atoms with Crippen LogP contribution in [0.15, 0.2) is 17.5 Å². The van der Waals surface area contributed by atoms with E-state index in [0.29, 0.717) is 22.9 Å². The summed E-state index contributed by atoms with van der Waals surface area (Å²) in [7, 11) is 0. The van der Waals surface area contributed by atoms with E-state index in [0.717, 1.165) is 5.69 Å². The van der Waals surface area contributed by atoms with Crippen LogP contribution in [0.2, 0.25) is 0 Å². The van der Waals surface area contributed by atoms with E-state index in [1.807, 2.05) is 18.4 Å². The Bertz CT molecular complexity index is 647. The van der Waals surface area contributed by atoms with Gasteiger partial charge in [0.2, 0.25) is 0 Å². The molecule has 0 radical (unpaired) electrons. The van der Waals surface area contributed by atoms with E-state index in [4.69, 9.17) is 4.74 Å². The van der Waals surface area contributed by atoms with Crippen LogP contribution in [0.4, 0.5) is 5.69 Å². The average molecular weight is 307 g/mol. The van der Waals surface area contributed by atoms with Crippen molar-refractivity contribution in [1.82, 2.24) is 9.78 Å². The molecule has 2 aromatic heterocycles. The fourth-order valence-electron chi connectivity index (χ4n) is 1.94. The quantitative estimate of drug-likeness (QED) is 0.861. The van der Waals surface area contributed by atoms with Gasteiger partial charge in [-0.1, -0.05) is 6.07 Å². The highest BCUT2D eigenvalue weighted by atomic mass is 32.1. The number of ether oxygens (including phenoxy) is 1. The number of carbonyl (C=O) groups excluding carboxylic acids is 2. The van der Waals surface area contributed by atoms with E-state index >= 15 is 0 Å². The van der Waals surface area contributed by atoms with Crippen molar-refractivity contribution in [3.05, 3.63) is 33.8 Å². The zero-order valence-corrected chi connectivity index (χ0v) is 13.0. The maximum absolute atomic E-state index is 12.1. The van der Waals surface area contributed by atoms with Crippen LogP contribution in [0.3, 0.4) is 0 Å². The maximum Gasteiger partial charge on any atom is 0.327 e. The molecule has 0 aliphatic carbocycles. The smallest absolute Gasteiger partial charge is 0.327 e. The highest BCUT2D eigenvalue weighted by Gasteiger charge is 2.17. The molecule has 0 saturated heterocycles. The predicted octanol–water partition coefficient (Wildman–Crippen LogP) is 2.38. The molecule has 2 aromatic rings. The fraction of sp³-hybridized carbons (Fsp3) is 0.357. The number of hydrogen-bond acceptors (Lipinski definition) is 5. The Kier molecular flexibility index (Phi) is 4.74. The lowest BCUT2D eigenvalue weighted by molar-refractivity contribution is -0.144. The van der Waals surface area contributed by atoms with Crippen LogP contribution >= 0.6 is 11.3 Å². The van der Waals surface area contributed by atoms with Gasteiger partial charge in [0.05, 0.1) is 28.6 Å². The summed E-state index contributed by atoms with van der Waals surface area (Å²) in [6.07, 6.45) is 0. The van der Waals surface area contributed by atoms with Crippen LogP contribution in [-0.4, -0.2) is 28.3 Å². The summed E-state index contributed by atoms with van der Waals surface area (Å²) >= 11 is 1.37. The number of nitrogens with one attached hydrogen (secondary N) is 1. The van der Waals surface area contributed by atoms with Gasteiger partial charge in [-0.15, -0.1) is 11.3 Å². The second-order valence-electron chi connectivity index (χ2n) is 4.44. The van der Waals surface area contributed by atoms with Gasteiger partial charge in [-0.05, 0) is 32.2 Å². The first kappa shape index (κ1) is 15.2. The normalized spacial score (nSPS) is 10.4. The van der Waals surface area contributed by atoms with E-state index in [1.54, 1.807) is 19.9 Å². The van der Waals surface area contributed by atoms with Crippen molar-refractivity contribution in [3.8, 4) is 0 Å². The topological polar surface area (TPSA) is 73.2 Å². The van der Waals surface area contributed by atoms with Crippen LogP contribution in [0.1, 0.15) is 28.0 Å². The van der Waals surface area contributed by atoms with Crippen LogP contribution < -0.4 is 5.32 Å². The minimum absolute atomic E-state index is 0.0371. The van der Waals surface area contributed by atoms with Crippen molar-refractivity contribution >= 4 is 28.9 Å². The lowest BCUT2D eigenvalue weighted by atomic mass is 10.3. The fourth-order valence-corrected chi connectivity index (χ4v) is 2.56. The summed E-state index contributed by atoms with van der Waals surface area (Å²) in [4.78, 5) is 24.2. The van der Waals surface area contributed by atoms with Gasteiger partial charge in [-0.25, -0.2) is 0 Å². The molecule has 0 unspecified atom stereocenters. The molecule has 21 heavy (non-hydrogen) atoms. The van der Waals surface area contributed by atoms with E-state index in [-0.39, 0.29) is 18.4 Å². The lowest BCUT2D eigenvalue weighted by Gasteiger charge is -2.06. The van der Waals surface area contributed by atoms with E-state index in [2.05, 4.69) is 10.4 Å². The largest absolute Gasteiger partial charge is 0.465 e. The summed E-state index contributed by atoms with van der Waals surface area (Å²) in [5, 5.41) is 8.96. The van der Waals surface area contributed by atoms with Crippen molar-refractivity contribution < 1.29 is 14.3 Å². The van der Waals surface area contributed by atoms with Gasteiger partial charge in [0, 0.05) is 0 Å². The predicted molar refractivity (Wildman–Crippen MR) is 80.6 cm³/mol. The molecule has 1 amide bonds. The molecule has 0 aromatic carbocycles. The Morgan fingerprint density at radius 3 is 2.81 bits per heavy atom. The van der Waals surface area contributed by atoms with Gasteiger partial charge < -0.3 is 10.1 Å². The molecule has 0 saturated carbocycles. The molecule has 6 nitrogen and oxygen atoms in total.